The lowest BCUT2D eigenvalue weighted by molar-refractivity contribution is 0.334. The average molecular weight is 350 g/mol. The molecule has 2 atom stereocenters. The molecule has 4 rings (SSSR count). The molecule has 8 heteroatoms. The third kappa shape index (κ3) is 2.17. The highest BCUT2D eigenvalue weighted by molar-refractivity contribution is 7.89. The van der Waals surface area contributed by atoms with Crippen molar-refractivity contribution >= 4 is 21.1 Å². The number of hydrogen-bond acceptors (Lipinski definition) is 4. The van der Waals surface area contributed by atoms with E-state index < -0.39 is 10.0 Å². The molecular weight excluding hydrogens is 328 g/mol. The van der Waals surface area contributed by atoms with Gasteiger partial charge in [-0.2, -0.15) is 4.31 Å². The Balaban J connectivity index is 1.84. The van der Waals surface area contributed by atoms with Crippen molar-refractivity contribution < 1.29 is 8.42 Å². The van der Waals surface area contributed by atoms with Gasteiger partial charge in [0.25, 0.3) is 0 Å². The van der Waals surface area contributed by atoms with Gasteiger partial charge in [0.05, 0.1) is 15.9 Å². The first kappa shape index (κ1) is 15.9. The summed E-state index contributed by atoms with van der Waals surface area (Å²) >= 11 is 0. The lowest BCUT2D eigenvalue weighted by atomic mass is 10.1. The van der Waals surface area contributed by atoms with Gasteiger partial charge in [-0.25, -0.2) is 13.2 Å². The van der Waals surface area contributed by atoms with Crippen LogP contribution in [0.25, 0.3) is 11.0 Å². The van der Waals surface area contributed by atoms with E-state index in [1.165, 1.54) is 9.13 Å². The van der Waals surface area contributed by atoms with E-state index in [1.807, 2.05) is 0 Å². The van der Waals surface area contributed by atoms with Crippen molar-refractivity contribution in [3.63, 3.8) is 0 Å². The molecule has 2 aromatic rings. The summed E-state index contributed by atoms with van der Waals surface area (Å²) in [5, 5.41) is 3.33. The molecule has 2 bridgehead atoms. The van der Waals surface area contributed by atoms with Crippen LogP contribution in [-0.4, -0.2) is 47.0 Å². The summed E-state index contributed by atoms with van der Waals surface area (Å²) in [5.74, 6) is 0. The molecule has 7 nitrogen and oxygen atoms in total. The molecule has 2 saturated heterocycles. The summed E-state index contributed by atoms with van der Waals surface area (Å²) in [6.45, 7) is 1.57. The zero-order chi connectivity index (χ0) is 17.1. The fraction of sp³-hybridized carbons (Fsp3) is 0.562. The Hall–Kier alpha value is -1.64. The third-order valence-electron chi connectivity index (χ3n) is 5.41. The Morgan fingerprint density at radius 2 is 1.75 bits per heavy atom. The van der Waals surface area contributed by atoms with Crippen LogP contribution in [0.2, 0.25) is 0 Å². The summed E-state index contributed by atoms with van der Waals surface area (Å²) in [4.78, 5) is 12.3. The monoisotopic (exact) mass is 350 g/mol. The minimum absolute atomic E-state index is 0.0257. The molecule has 2 unspecified atom stereocenters. The summed E-state index contributed by atoms with van der Waals surface area (Å²) in [6.07, 6.45) is 2.68. The normalized spacial score (nSPS) is 25.2. The number of sulfonamides is 1. The molecule has 2 aliphatic rings. The molecule has 0 aliphatic carbocycles. The van der Waals surface area contributed by atoms with Gasteiger partial charge in [-0.3, -0.25) is 9.13 Å². The van der Waals surface area contributed by atoms with E-state index in [0.717, 1.165) is 31.3 Å². The minimum Gasteiger partial charge on any atom is -0.315 e. The number of fused-ring (bicyclic) bond motifs is 3. The predicted molar refractivity (Wildman–Crippen MR) is 91.5 cm³/mol. The van der Waals surface area contributed by atoms with Crippen LogP contribution >= 0.6 is 0 Å². The molecule has 1 aromatic carbocycles. The maximum absolute atomic E-state index is 13.3. The number of hydrogen-bond donors (Lipinski definition) is 1. The molecule has 3 heterocycles. The zero-order valence-corrected chi connectivity index (χ0v) is 14.7. The summed E-state index contributed by atoms with van der Waals surface area (Å²) < 4.78 is 31.2. The van der Waals surface area contributed by atoms with Crippen LogP contribution in [0, 0.1) is 0 Å². The predicted octanol–water partition coefficient (Wildman–Crippen LogP) is 0.392. The molecule has 2 fully saturated rings. The van der Waals surface area contributed by atoms with Crippen molar-refractivity contribution in [3.05, 3.63) is 28.7 Å². The standard InChI is InChI=1S/C16H22N4O3S/c1-18-14-6-5-13(9-15(14)19(2)16(18)21)24(22,23)20-11-3-4-12(20)10-17-8-7-11/h5-6,9,11-12,17H,3-4,7-8,10H2,1-2H3. The van der Waals surface area contributed by atoms with Crippen LogP contribution in [0.15, 0.2) is 27.9 Å². The number of rotatable bonds is 2. The van der Waals surface area contributed by atoms with E-state index in [1.54, 1.807) is 36.6 Å². The van der Waals surface area contributed by atoms with Gasteiger partial charge in [0.1, 0.15) is 0 Å². The van der Waals surface area contributed by atoms with Gasteiger partial charge in [-0.1, -0.05) is 0 Å². The van der Waals surface area contributed by atoms with E-state index in [0.29, 0.717) is 12.1 Å². The topological polar surface area (TPSA) is 76.3 Å². The fourth-order valence-electron chi connectivity index (χ4n) is 4.10. The maximum atomic E-state index is 13.3. The Kier molecular flexibility index (Phi) is 3.59. The van der Waals surface area contributed by atoms with Crippen LogP contribution in [0.5, 0.6) is 0 Å². The number of nitrogens with zero attached hydrogens (tertiary/aromatic N) is 3. The summed E-state index contributed by atoms with van der Waals surface area (Å²) in [7, 11) is -0.203. The highest BCUT2D eigenvalue weighted by Crippen LogP contribution is 2.34. The van der Waals surface area contributed by atoms with Crippen LogP contribution in [0.3, 0.4) is 0 Å². The first-order valence-corrected chi connectivity index (χ1v) is 9.75. The molecule has 24 heavy (non-hydrogen) atoms. The van der Waals surface area contributed by atoms with Crippen LogP contribution in [-0.2, 0) is 24.1 Å². The Labute approximate surface area is 140 Å². The van der Waals surface area contributed by atoms with Crippen molar-refractivity contribution in [3.8, 4) is 0 Å². The molecule has 130 valence electrons. The molecule has 0 amide bonds. The average Bonchev–Trinajstić information content (AvgIpc) is 2.95. The molecule has 0 spiro atoms. The second-order valence-corrected chi connectivity index (χ2v) is 8.61. The molecule has 1 N–H and O–H groups in total. The third-order valence-corrected chi connectivity index (χ3v) is 7.41. The van der Waals surface area contributed by atoms with Gasteiger partial charge in [-0.05, 0) is 44.0 Å². The van der Waals surface area contributed by atoms with Gasteiger partial charge < -0.3 is 5.32 Å². The maximum Gasteiger partial charge on any atom is 0.328 e. The quantitative estimate of drug-likeness (QED) is 0.850. The number of benzene rings is 1. The van der Waals surface area contributed by atoms with E-state index in [4.69, 9.17) is 0 Å². The Bertz CT molecular complexity index is 946. The van der Waals surface area contributed by atoms with Crippen LogP contribution < -0.4 is 11.0 Å². The number of aromatic nitrogens is 2. The number of aryl methyl sites for hydroxylation is 2. The number of nitrogens with one attached hydrogen (secondary N) is 1. The smallest absolute Gasteiger partial charge is 0.315 e. The Morgan fingerprint density at radius 3 is 2.54 bits per heavy atom. The fourth-order valence-corrected chi connectivity index (χ4v) is 6.02. The van der Waals surface area contributed by atoms with E-state index in [9.17, 15) is 13.2 Å². The first-order valence-electron chi connectivity index (χ1n) is 8.31. The number of imidazole rings is 1. The molecule has 2 aliphatic heterocycles. The highest BCUT2D eigenvalue weighted by Gasteiger charge is 2.43. The second kappa shape index (κ2) is 5.44. The van der Waals surface area contributed by atoms with Gasteiger partial charge in [-0.15, -0.1) is 0 Å². The van der Waals surface area contributed by atoms with Gasteiger partial charge in [0, 0.05) is 32.7 Å². The van der Waals surface area contributed by atoms with Crippen molar-refractivity contribution in [2.75, 3.05) is 13.1 Å². The van der Waals surface area contributed by atoms with Gasteiger partial charge >= 0.3 is 5.69 Å². The van der Waals surface area contributed by atoms with Crippen molar-refractivity contribution in [2.24, 2.45) is 14.1 Å². The van der Waals surface area contributed by atoms with Crippen LogP contribution in [0.1, 0.15) is 19.3 Å². The largest absolute Gasteiger partial charge is 0.328 e. The Morgan fingerprint density at radius 1 is 1.04 bits per heavy atom. The van der Waals surface area contributed by atoms with E-state index in [-0.39, 0.29) is 22.7 Å². The highest BCUT2D eigenvalue weighted by atomic mass is 32.2. The first-order chi connectivity index (χ1) is 11.4. The van der Waals surface area contributed by atoms with Gasteiger partial charge in [0.15, 0.2) is 0 Å². The lowest BCUT2D eigenvalue weighted by Crippen LogP contribution is -2.42. The van der Waals surface area contributed by atoms with Gasteiger partial charge in [0.2, 0.25) is 10.0 Å². The van der Waals surface area contributed by atoms with Crippen LogP contribution in [0.4, 0.5) is 0 Å². The van der Waals surface area contributed by atoms with E-state index >= 15 is 0 Å². The minimum atomic E-state index is -3.56. The SMILES string of the molecule is Cn1c(=O)n(C)c2cc(S(=O)(=O)N3C4CCNCC3CC4)ccc21. The molecule has 0 saturated carbocycles. The van der Waals surface area contributed by atoms with Crippen molar-refractivity contribution in [1.29, 1.82) is 0 Å². The summed E-state index contributed by atoms with van der Waals surface area (Å²) in [5.41, 5.74) is 1.23. The van der Waals surface area contributed by atoms with Crippen molar-refractivity contribution in [1.82, 2.24) is 18.8 Å². The second-order valence-electron chi connectivity index (χ2n) is 6.76. The molecular formula is C16H22N4O3S. The lowest BCUT2D eigenvalue weighted by Gasteiger charge is -2.26. The summed E-state index contributed by atoms with van der Waals surface area (Å²) in [6, 6.07) is 5.07. The van der Waals surface area contributed by atoms with E-state index in [2.05, 4.69) is 5.32 Å². The zero-order valence-electron chi connectivity index (χ0n) is 13.9. The van der Waals surface area contributed by atoms with Crippen molar-refractivity contribution in [2.45, 2.75) is 36.2 Å². The molecule has 0 radical (unpaired) electrons. The molecule has 1 aromatic heterocycles.